The van der Waals surface area contributed by atoms with Crippen molar-refractivity contribution >= 4 is 23.4 Å². The summed E-state index contributed by atoms with van der Waals surface area (Å²) < 4.78 is 10.7. The van der Waals surface area contributed by atoms with Gasteiger partial charge in [-0.25, -0.2) is 9.78 Å². The quantitative estimate of drug-likeness (QED) is 0.380. The van der Waals surface area contributed by atoms with E-state index in [1.165, 1.54) is 0 Å². The number of guanidine groups is 1. The molecule has 0 aliphatic heterocycles. The minimum atomic E-state index is -0.487. The first-order valence-corrected chi connectivity index (χ1v) is 9.65. The lowest BCUT2D eigenvalue weighted by molar-refractivity contribution is 0.0527. The molecule has 0 atom stereocenters. The third kappa shape index (κ3) is 7.69. The molecule has 0 saturated carbocycles. The summed E-state index contributed by atoms with van der Waals surface area (Å²) in [6, 6.07) is 3.94. The first-order valence-electron chi connectivity index (χ1n) is 8.77. The summed E-state index contributed by atoms with van der Waals surface area (Å²) in [5.74, 6) is 1.28. The molecule has 0 spiro atoms. The zero-order valence-corrected chi connectivity index (χ0v) is 17.0. The number of nitrogens with zero attached hydrogens (tertiary/aromatic N) is 2. The maximum atomic E-state index is 11.6. The highest BCUT2D eigenvalue weighted by atomic mass is 32.1. The summed E-state index contributed by atoms with van der Waals surface area (Å²) in [6.45, 7) is 7.19. The molecule has 0 radical (unpaired) electrons. The Morgan fingerprint density at radius 3 is 2.74 bits per heavy atom. The van der Waals surface area contributed by atoms with E-state index in [1.54, 1.807) is 24.6 Å². The number of ether oxygens (including phenoxy) is 1. The van der Waals surface area contributed by atoms with E-state index < -0.39 is 11.7 Å². The van der Waals surface area contributed by atoms with Gasteiger partial charge in [-0.1, -0.05) is 6.07 Å². The number of aliphatic imine (C=N–C) groups is 1. The van der Waals surface area contributed by atoms with Gasteiger partial charge < -0.3 is 25.1 Å². The predicted octanol–water partition coefficient (Wildman–Crippen LogP) is 2.98. The molecule has 0 unspecified atom stereocenters. The summed E-state index contributed by atoms with van der Waals surface area (Å²) in [7, 11) is 1.70. The average Bonchev–Trinajstić information content (AvgIpc) is 3.26. The molecule has 3 N–H and O–H groups in total. The van der Waals surface area contributed by atoms with Gasteiger partial charge in [0.1, 0.15) is 11.9 Å². The monoisotopic (exact) mass is 393 g/mol. The first kappa shape index (κ1) is 20.8. The first-order chi connectivity index (χ1) is 12.9. The topological polar surface area (TPSA) is 101 Å². The van der Waals surface area contributed by atoms with Crippen LogP contribution < -0.4 is 16.0 Å². The van der Waals surface area contributed by atoms with Crippen molar-refractivity contribution in [1.29, 1.82) is 0 Å². The van der Waals surface area contributed by atoms with Gasteiger partial charge in [-0.05, 0) is 38.6 Å². The van der Waals surface area contributed by atoms with Crippen molar-refractivity contribution in [3.05, 3.63) is 29.5 Å². The van der Waals surface area contributed by atoms with Crippen LogP contribution in [-0.4, -0.2) is 42.8 Å². The molecular formula is C18H27N5O3S. The summed E-state index contributed by atoms with van der Waals surface area (Å²) >= 11 is 1.59. The number of thiophene rings is 1. The van der Waals surface area contributed by atoms with Crippen LogP contribution in [0.1, 0.15) is 32.9 Å². The molecule has 0 aliphatic carbocycles. The minimum Gasteiger partial charge on any atom is -0.444 e. The third-order valence-electron chi connectivity index (χ3n) is 3.26. The number of hydrogen-bond acceptors (Lipinski definition) is 6. The van der Waals surface area contributed by atoms with Crippen molar-refractivity contribution < 1.29 is 13.9 Å². The van der Waals surface area contributed by atoms with Crippen LogP contribution in [0, 0.1) is 0 Å². The van der Waals surface area contributed by atoms with Crippen LogP contribution in [0.5, 0.6) is 0 Å². The maximum absolute atomic E-state index is 11.6. The standard InChI is InChI=1S/C18H27N5O3S/c1-18(2,3)26-17(24)21-9-6-8-20-16(19-4)22-11-13-12-25-15(23-13)14-7-5-10-27-14/h5,7,10,12H,6,8-9,11H2,1-4H3,(H,21,24)(H2,19,20,22). The van der Waals surface area contributed by atoms with Crippen LogP contribution in [0.2, 0.25) is 0 Å². The lowest BCUT2D eigenvalue weighted by atomic mass is 10.2. The van der Waals surface area contributed by atoms with Crippen LogP contribution in [0.4, 0.5) is 4.79 Å². The van der Waals surface area contributed by atoms with Gasteiger partial charge in [0.15, 0.2) is 5.96 Å². The highest BCUT2D eigenvalue weighted by Crippen LogP contribution is 2.23. The number of alkyl carbamates (subject to hydrolysis) is 1. The zero-order chi connectivity index (χ0) is 19.7. The van der Waals surface area contributed by atoms with Crippen LogP contribution in [0.15, 0.2) is 33.2 Å². The van der Waals surface area contributed by atoms with Gasteiger partial charge in [-0.15, -0.1) is 11.3 Å². The minimum absolute atomic E-state index is 0.405. The van der Waals surface area contributed by atoms with Crippen molar-refractivity contribution in [2.24, 2.45) is 4.99 Å². The molecule has 148 valence electrons. The number of hydrogen-bond donors (Lipinski definition) is 3. The summed E-state index contributed by atoms with van der Waals surface area (Å²) in [5.41, 5.74) is 0.312. The second-order valence-electron chi connectivity index (χ2n) is 6.76. The molecule has 0 fully saturated rings. The molecule has 2 aromatic heterocycles. The number of rotatable bonds is 7. The summed E-state index contributed by atoms with van der Waals surface area (Å²) in [4.78, 5) is 21.2. The summed E-state index contributed by atoms with van der Waals surface area (Å²) in [6.07, 6.45) is 1.98. The van der Waals surface area contributed by atoms with Crippen LogP contribution in [-0.2, 0) is 11.3 Å². The Labute approximate surface area is 163 Å². The van der Waals surface area contributed by atoms with Crippen molar-refractivity contribution in [3.8, 4) is 10.8 Å². The Morgan fingerprint density at radius 2 is 2.07 bits per heavy atom. The fourth-order valence-electron chi connectivity index (χ4n) is 2.10. The van der Waals surface area contributed by atoms with Gasteiger partial charge in [-0.2, -0.15) is 0 Å². The fraction of sp³-hybridized carbons (Fsp3) is 0.500. The molecule has 8 nitrogen and oxygen atoms in total. The van der Waals surface area contributed by atoms with E-state index in [0.717, 1.165) is 17.0 Å². The normalized spacial score (nSPS) is 11.9. The van der Waals surface area contributed by atoms with E-state index in [1.807, 2.05) is 38.3 Å². The molecule has 2 aromatic rings. The molecular weight excluding hydrogens is 366 g/mol. The lowest BCUT2D eigenvalue weighted by Gasteiger charge is -2.19. The highest BCUT2D eigenvalue weighted by Gasteiger charge is 2.15. The molecule has 2 rings (SSSR count). The van der Waals surface area contributed by atoms with E-state index in [4.69, 9.17) is 9.15 Å². The average molecular weight is 394 g/mol. The number of carbonyl (C=O) groups excluding carboxylic acids is 1. The summed E-state index contributed by atoms with van der Waals surface area (Å²) in [5, 5.41) is 11.1. The Kier molecular flexibility index (Phi) is 7.66. The second-order valence-corrected chi connectivity index (χ2v) is 7.70. The SMILES string of the molecule is CN=C(NCCCNC(=O)OC(C)(C)C)NCc1coc(-c2cccs2)n1. The van der Waals surface area contributed by atoms with Crippen molar-refractivity contribution in [3.63, 3.8) is 0 Å². The second kappa shape index (κ2) is 9.96. The molecule has 0 aromatic carbocycles. The van der Waals surface area contributed by atoms with Crippen molar-refractivity contribution in [1.82, 2.24) is 20.9 Å². The van der Waals surface area contributed by atoms with E-state index in [0.29, 0.717) is 31.5 Å². The number of oxazole rings is 1. The smallest absolute Gasteiger partial charge is 0.407 e. The van der Waals surface area contributed by atoms with Gasteiger partial charge in [0.05, 0.1) is 17.1 Å². The Bertz CT molecular complexity index is 735. The zero-order valence-electron chi connectivity index (χ0n) is 16.2. The van der Waals surface area contributed by atoms with Crippen LogP contribution in [0.25, 0.3) is 10.8 Å². The molecule has 2 heterocycles. The van der Waals surface area contributed by atoms with Gasteiger partial charge in [-0.3, -0.25) is 4.99 Å². The molecule has 0 saturated heterocycles. The maximum Gasteiger partial charge on any atom is 0.407 e. The van der Waals surface area contributed by atoms with Crippen molar-refractivity contribution in [2.75, 3.05) is 20.1 Å². The Morgan fingerprint density at radius 1 is 1.30 bits per heavy atom. The number of nitrogens with one attached hydrogen (secondary N) is 3. The fourth-order valence-corrected chi connectivity index (χ4v) is 2.75. The Hall–Kier alpha value is -2.55. The van der Waals surface area contributed by atoms with Crippen LogP contribution in [0.3, 0.4) is 0 Å². The third-order valence-corrected chi connectivity index (χ3v) is 4.12. The number of carbonyl (C=O) groups is 1. The largest absolute Gasteiger partial charge is 0.444 e. The van der Waals surface area contributed by atoms with E-state index in [-0.39, 0.29) is 0 Å². The molecule has 0 aliphatic rings. The molecule has 1 amide bonds. The molecule has 9 heteroatoms. The van der Waals surface area contributed by atoms with E-state index >= 15 is 0 Å². The van der Waals surface area contributed by atoms with E-state index in [9.17, 15) is 4.79 Å². The highest BCUT2D eigenvalue weighted by molar-refractivity contribution is 7.13. The van der Waals surface area contributed by atoms with Gasteiger partial charge in [0.25, 0.3) is 0 Å². The predicted molar refractivity (Wildman–Crippen MR) is 107 cm³/mol. The lowest BCUT2D eigenvalue weighted by Crippen LogP contribution is -2.39. The number of amides is 1. The van der Waals surface area contributed by atoms with Crippen molar-refractivity contribution in [2.45, 2.75) is 39.3 Å². The van der Waals surface area contributed by atoms with E-state index in [2.05, 4.69) is 25.9 Å². The Balaban J connectivity index is 1.64. The van der Waals surface area contributed by atoms with Gasteiger partial charge >= 0.3 is 6.09 Å². The number of aromatic nitrogens is 1. The van der Waals surface area contributed by atoms with Crippen LogP contribution >= 0.6 is 11.3 Å². The molecule has 27 heavy (non-hydrogen) atoms. The molecule has 0 bridgehead atoms. The van der Waals surface area contributed by atoms with Gasteiger partial charge in [0, 0.05) is 20.1 Å². The van der Waals surface area contributed by atoms with Gasteiger partial charge in [0.2, 0.25) is 5.89 Å².